The van der Waals surface area contributed by atoms with Gasteiger partial charge in [-0.15, -0.1) is 0 Å². The molecule has 0 spiro atoms. The first kappa shape index (κ1) is 29.3. The zero-order valence-electron chi connectivity index (χ0n) is 21.0. The van der Waals surface area contributed by atoms with Crippen molar-refractivity contribution in [2.24, 2.45) is 4.99 Å². The van der Waals surface area contributed by atoms with E-state index in [0.717, 1.165) is 54.4 Å². The molecule has 2 aliphatic heterocycles. The Labute approximate surface area is 215 Å². The Morgan fingerprint density at radius 1 is 1.17 bits per heavy atom. The van der Waals surface area contributed by atoms with Crippen LogP contribution in [0.25, 0.3) is 5.70 Å². The van der Waals surface area contributed by atoms with Crippen LogP contribution in [0.2, 0.25) is 5.02 Å². The molecule has 1 aliphatic carbocycles. The molecule has 2 heterocycles. The Bertz CT molecular complexity index is 1030. The number of carboxylic acid groups (broad SMARTS) is 1. The second-order valence-electron chi connectivity index (χ2n) is 8.15. The zero-order chi connectivity index (χ0) is 26.8. The average Bonchev–Trinajstić information content (AvgIpc) is 2.86. The number of carboxylic acids is 1. The van der Waals surface area contributed by atoms with E-state index < -0.39 is 12.6 Å². The first-order chi connectivity index (χ1) is 17.2. The molecule has 0 unspecified atom stereocenters. The van der Waals surface area contributed by atoms with Gasteiger partial charge < -0.3 is 20.2 Å². The highest BCUT2D eigenvalue weighted by atomic mass is 35.5. The number of guanidine groups is 1. The summed E-state index contributed by atoms with van der Waals surface area (Å²) in [4.78, 5) is 20.9. The topological polar surface area (TPSA) is 68.2 Å². The molecular weight excluding hydrogens is 493 g/mol. The maximum absolute atomic E-state index is 11.5. The predicted molar refractivity (Wildman–Crippen MR) is 139 cm³/mol. The summed E-state index contributed by atoms with van der Waals surface area (Å²) in [6.45, 7) is 7.05. The summed E-state index contributed by atoms with van der Waals surface area (Å²) in [6, 6.07) is 3.80. The van der Waals surface area contributed by atoms with Crippen LogP contribution in [0, 0.1) is 0 Å². The van der Waals surface area contributed by atoms with Crippen molar-refractivity contribution < 1.29 is 23.1 Å². The second kappa shape index (κ2) is 14.0. The third-order valence-corrected chi connectivity index (χ3v) is 6.09. The minimum absolute atomic E-state index is 0.318. The third-order valence-electron chi connectivity index (χ3n) is 5.87. The van der Waals surface area contributed by atoms with Crippen LogP contribution in [-0.4, -0.2) is 53.7 Å². The molecule has 10 heteroatoms. The molecule has 36 heavy (non-hydrogen) atoms. The zero-order valence-corrected chi connectivity index (χ0v) is 21.7. The third kappa shape index (κ3) is 7.53. The van der Waals surface area contributed by atoms with Gasteiger partial charge in [-0.25, -0.2) is 9.79 Å². The Morgan fingerprint density at radius 2 is 1.78 bits per heavy atom. The van der Waals surface area contributed by atoms with Crippen LogP contribution in [0.3, 0.4) is 0 Å². The highest BCUT2D eigenvalue weighted by Crippen LogP contribution is 2.38. The van der Waals surface area contributed by atoms with Gasteiger partial charge in [-0.1, -0.05) is 44.2 Å². The number of benzene rings is 1. The average molecular weight is 527 g/mol. The number of likely N-dealkylation sites (tertiary alicyclic amines) is 1. The number of nitrogens with one attached hydrogen (secondary N) is 1. The van der Waals surface area contributed by atoms with Crippen molar-refractivity contribution in [2.75, 3.05) is 20.1 Å². The highest BCUT2D eigenvalue weighted by Gasteiger charge is 2.28. The molecule has 1 saturated heterocycles. The van der Waals surface area contributed by atoms with Crippen LogP contribution >= 0.6 is 11.6 Å². The number of rotatable bonds is 4. The van der Waals surface area contributed by atoms with Crippen molar-refractivity contribution in [1.29, 1.82) is 0 Å². The molecule has 0 atom stereocenters. The van der Waals surface area contributed by atoms with Gasteiger partial charge in [0, 0.05) is 48.7 Å². The molecular formula is C26H34ClF3N4O2. The van der Waals surface area contributed by atoms with Gasteiger partial charge in [-0.3, -0.25) is 0 Å². The summed E-state index contributed by atoms with van der Waals surface area (Å²) in [5.74, 6) is 0.000700. The minimum atomic E-state index is -3.67. The Balaban J connectivity index is 0.000000694. The monoisotopic (exact) mass is 526 g/mol. The van der Waals surface area contributed by atoms with Gasteiger partial charge in [0.2, 0.25) is 5.96 Å². The summed E-state index contributed by atoms with van der Waals surface area (Å²) in [7, 11) is 1.99. The molecule has 1 aromatic carbocycles. The van der Waals surface area contributed by atoms with Gasteiger partial charge in [0.25, 0.3) is 0 Å². The number of aliphatic carboxylic acids is 1. The molecule has 198 valence electrons. The smallest absolute Gasteiger partial charge is 0.379 e. The fourth-order valence-corrected chi connectivity index (χ4v) is 4.47. The molecule has 0 bridgehead atoms. The predicted octanol–water partition coefficient (Wildman–Crippen LogP) is 6.71. The van der Waals surface area contributed by atoms with Crippen molar-refractivity contribution in [2.45, 2.75) is 59.2 Å². The molecule has 0 aromatic heterocycles. The molecule has 3 aliphatic rings. The number of alkyl halides is 3. The van der Waals surface area contributed by atoms with Gasteiger partial charge in [0.05, 0.1) is 11.3 Å². The van der Waals surface area contributed by atoms with E-state index in [1.54, 1.807) is 6.08 Å². The highest BCUT2D eigenvalue weighted by molar-refractivity contribution is 6.31. The van der Waals surface area contributed by atoms with Crippen molar-refractivity contribution in [3.63, 3.8) is 0 Å². The van der Waals surface area contributed by atoms with Gasteiger partial charge in [-0.2, -0.15) is 13.2 Å². The van der Waals surface area contributed by atoms with E-state index in [-0.39, 0.29) is 0 Å². The summed E-state index contributed by atoms with van der Waals surface area (Å²) in [6.07, 6.45) is 8.86. The molecule has 2 N–H and O–H groups in total. The van der Waals surface area contributed by atoms with E-state index in [2.05, 4.69) is 16.8 Å². The van der Waals surface area contributed by atoms with Gasteiger partial charge in [0.1, 0.15) is 0 Å². The minimum Gasteiger partial charge on any atom is -0.478 e. The van der Waals surface area contributed by atoms with Crippen LogP contribution in [-0.2, 0) is 11.3 Å². The fraction of sp³-hybridized carbons (Fsp3) is 0.462. The van der Waals surface area contributed by atoms with Crippen LogP contribution in [0.1, 0.15) is 57.1 Å². The second-order valence-corrected chi connectivity index (χ2v) is 8.58. The normalized spacial score (nSPS) is 17.0. The van der Waals surface area contributed by atoms with E-state index in [4.69, 9.17) is 16.6 Å². The molecule has 1 aromatic rings. The fourth-order valence-electron chi connectivity index (χ4n) is 4.23. The number of nitrogens with zero attached hydrogens (tertiary/aromatic N) is 3. The quantitative estimate of drug-likeness (QED) is 0.456. The number of carbonyl (C=O) groups is 1. The lowest BCUT2D eigenvalue weighted by Crippen LogP contribution is -2.45. The summed E-state index contributed by atoms with van der Waals surface area (Å²) >= 11 is 6.41. The number of aliphatic imine (C=N–C) groups is 1. The van der Waals surface area contributed by atoms with Gasteiger partial charge in [0.15, 0.2) is 0 Å². The van der Waals surface area contributed by atoms with Crippen molar-refractivity contribution >= 4 is 34.9 Å². The maximum Gasteiger partial charge on any atom is 0.379 e. The summed E-state index contributed by atoms with van der Waals surface area (Å²) in [5.41, 5.74) is 4.53. The first-order valence-electron chi connectivity index (χ1n) is 12.1. The van der Waals surface area contributed by atoms with Crippen LogP contribution < -0.4 is 5.32 Å². The summed E-state index contributed by atoms with van der Waals surface area (Å²) < 4.78 is 29.0. The van der Waals surface area contributed by atoms with Crippen LogP contribution in [0.15, 0.2) is 47.1 Å². The van der Waals surface area contributed by atoms with E-state index in [9.17, 15) is 23.1 Å². The SMILES string of the molecule is C=C1c2cc(Cl)cc(CNC3=CCCC=C3C(=O)O)c2N=C(N2CCCCC2)N1C.CC.FC(F)F. The van der Waals surface area contributed by atoms with E-state index in [1.165, 1.54) is 19.3 Å². The summed E-state index contributed by atoms with van der Waals surface area (Å²) in [5, 5.41) is 13.4. The van der Waals surface area contributed by atoms with Crippen molar-refractivity contribution in [3.8, 4) is 0 Å². The standard InChI is InChI=1S/C23H27ClN4O2.C2H6.CHF3/c1-15-19-13-17(24)12-16(14-25-20-9-5-4-8-18(20)22(29)30)21(19)26-23(27(15)2)28-10-6-3-7-11-28;1-2;2-1(3)4/h8-9,12-13,25H,1,3-7,10-11,14H2,2H3,(H,29,30);1-2H3;1H. The van der Waals surface area contributed by atoms with E-state index in [1.807, 2.05) is 44.0 Å². The number of hydrogen-bond donors (Lipinski definition) is 2. The molecule has 0 saturated carbocycles. The lowest BCUT2D eigenvalue weighted by Gasteiger charge is -2.38. The lowest BCUT2D eigenvalue weighted by atomic mass is 10.0. The maximum atomic E-state index is 11.5. The van der Waals surface area contributed by atoms with Gasteiger partial charge >= 0.3 is 12.6 Å². The Hall–Kier alpha value is -2.94. The molecule has 1 fully saturated rings. The molecule has 4 rings (SSSR count). The Morgan fingerprint density at radius 3 is 2.39 bits per heavy atom. The molecule has 6 nitrogen and oxygen atoms in total. The van der Waals surface area contributed by atoms with Crippen LogP contribution in [0.4, 0.5) is 18.9 Å². The van der Waals surface area contributed by atoms with E-state index in [0.29, 0.717) is 22.8 Å². The molecule has 0 radical (unpaired) electrons. The number of allylic oxidation sites excluding steroid dienone is 2. The Kier molecular flexibility index (Phi) is 11.4. The van der Waals surface area contributed by atoms with Crippen molar-refractivity contribution in [1.82, 2.24) is 15.1 Å². The lowest BCUT2D eigenvalue weighted by molar-refractivity contribution is -0.132. The number of piperidine rings is 1. The van der Waals surface area contributed by atoms with Gasteiger partial charge in [-0.05, 0) is 49.8 Å². The van der Waals surface area contributed by atoms with Crippen molar-refractivity contribution in [3.05, 3.63) is 58.3 Å². The van der Waals surface area contributed by atoms with E-state index >= 15 is 0 Å². The largest absolute Gasteiger partial charge is 0.478 e. The van der Waals surface area contributed by atoms with Crippen LogP contribution in [0.5, 0.6) is 0 Å². The number of halogens is 4. The number of hydrogen-bond acceptors (Lipinski definition) is 5. The molecule has 0 amide bonds. The first-order valence-corrected chi connectivity index (χ1v) is 12.5. The number of fused-ring (bicyclic) bond motifs is 1.